The zero-order valence-electron chi connectivity index (χ0n) is 5.85. The molecule has 0 aliphatic rings. The molecular formula is H13ClN2Si5. The van der Waals surface area contributed by atoms with Crippen molar-refractivity contribution in [3.8, 4) is 0 Å². The van der Waals surface area contributed by atoms with Crippen molar-refractivity contribution in [2.45, 2.75) is 0 Å². The summed E-state index contributed by atoms with van der Waals surface area (Å²) < 4.78 is 4.84. The molecule has 0 aliphatic carbocycles. The maximum atomic E-state index is 6.08. The fourth-order valence-electron chi connectivity index (χ4n) is 0.462. The van der Waals surface area contributed by atoms with E-state index in [-0.39, 0.29) is 0 Å². The molecule has 0 N–H and O–H groups in total. The van der Waals surface area contributed by atoms with Gasteiger partial charge in [-0.15, -0.1) is 11.1 Å². The lowest BCUT2D eigenvalue weighted by molar-refractivity contribution is 0.983. The molecule has 0 aromatic heterocycles. The highest BCUT2D eigenvalue weighted by atomic mass is 35.6. The van der Waals surface area contributed by atoms with Crippen molar-refractivity contribution in [1.82, 2.24) is 7.79 Å². The minimum absolute atomic E-state index is 0.963. The Morgan fingerprint density at radius 2 is 1.25 bits per heavy atom. The normalized spacial score (nSPS) is 16.9. The number of hydrogen-bond acceptors (Lipinski definition) is 2. The largest absolute Gasteiger partial charge is 0.362 e. The Bertz CT molecular complexity index is 55.4. The molecule has 2 nitrogen and oxygen atoms in total. The van der Waals surface area contributed by atoms with Crippen LogP contribution in [-0.4, -0.2) is 57.8 Å². The highest BCUT2D eigenvalue weighted by Crippen LogP contribution is 1.91. The molecular weight excluding hydrogens is 204 g/mol. The number of rotatable bonds is 2. The molecule has 8 heavy (non-hydrogen) atoms. The molecule has 0 saturated heterocycles. The van der Waals surface area contributed by atoms with E-state index in [1.54, 1.807) is 0 Å². The van der Waals surface area contributed by atoms with Gasteiger partial charge in [0, 0.05) is 0 Å². The number of nitrogens with zero attached hydrogens (tertiary/aromatic N) is 2. The summed E-state index contributed by atoms with van der Waals surface area (Å²) in [7, 11) is 3.75. The molecule has 0 amide bonds. The molecule has 0 unspecified atom stereocenters. The predicted molar refractivity (Wildman–Crippen MR) is 56.4 cm³/mol. The molecule has 0 spiro atoms. The Morgan fingerprint density at radius 3 is 1.25 bits per heavy atom. The Hall–Kier alpha value is 1.29. The van der Waals surface area contributed by atoms with Gasteiger partial charge < -0.3 is 7.79 Å². The molecule has 0 fully saturated rings. The van der Waals surface area contributed by atoms with E-state index in [9.17, 15) is 0 Å². The van der Waals surface area contributed by atoms with Crippen molar-refractivity contribution in [2.24, 2.45) is 0 Å². The molecule has 0 rings (SSSR count). The van der Waals surface area contributed by atoms with Gasteiger partial charge in [0.05, 0.1) is 41.6 Å². The summed E-state index contributed by atoms with van der Waals surface area (Å²) >= 11 is 6.08. The van der Waals surface area contributed by atoms with Gasteiger partial charge in [-0.1, -0.05) is 0 Å². The van der Waals surface area contributed by atoms with Gasteiger partial charge >= 0.3 is 0 Å². The molecule has 50 valence electrons. The lowest BCUT2D eigenvalue weighted by Gasteiger charge is -2.23. The van der Waals surface area contributed by atoms with Crippen LogP contribution in [0.5, 0.6) is 0 Å². The molecule has 0 bridgehead atoms. The molecule has 0 aliphatic heterocycles. The topological polar surface area (TPSA) is 6.48 Å². The average molecular weight is 217 g/mol. The van der Waals surface area contributed by atoms with Crippen LogP contribution < -0.4 is 0 Å². The molecule has 0 aromatic rings. The second-order valence-corrected chi connectivity index (χ2v) is 19.4. The fourth-order valence-corrected chi connectivity index (χ4v) is 12.5. The van der Waals surface area contributed by atoms with Crippen LogP contribution in [0.4, 0.5) is 0 Å². The third-order valence-electron chi connectivity index (χ3n) is 0.852. The van der Waals surface area contributed by atoms with Crippen LogP contribution in [0.3, 0.4) is 0 Å². The highest BCUT2D eigenvalue weighted by Gasteiger charge is 2.09. The maximum absolute atomic E-state index is 6.08. The van der Waals surface area contributed by atoms with E-state index >= 15 is 0 Å². The molecule has 0 radical (unpaired) electrons. The van der Waals surface area contributed by atoms with E-state index in [4.69, 9.17) is 11.1 Å². The fraction of sp³-hybridized carbons (Fsp3) is 0. The average Bonchev–Trinajstić information content (AvgIpc) is 1.64. The van der Waals surface area contributed by atoms with Gasteiger partial charge in [0.1, 0.15) is 0 Å². The minimum Gasteiger partial charge on any atom is -0.362 e. The lowest BCUT2D eigenvalue weighted by Crippen LogP contribution is -2.44. The van der Waals surface area contributed by atoms with Gasteiger partial charge in [0.2, 0.25) is 0 Å². The molecule has 0 atom stereocenters. The zero-order chi connectivity index (χ0) is 6.73. The zero-order valence-corrected chi connectivity index (χ0v) is 15.8. The third-order valence-corrected chi connectivity index (χ3v) is 14.7. The monoisotopic (exact) mass is 216 g/mol. The van der Waals surface area contributed by atoms with Gasteiger partial charge in [-0.25, -0.2) is 0 Å². The van der Waals surface area contributed by atoms with E-state index in [2.05, 4.69) is 7.79 Å². The Morgan fingerprint density at radius 1 is 1.00 bits per heavy atom. The van der Waals surface area contributed by atoms with Gasteiger partial charge in [-0.3, -0.25) is 0 Å². The van der Waals surface area contributed by atoms with Crippen molar-refractivity contribution in [2.75, 3.05) is 0 Å². The summed E-state index contributed by atoms with van der Waals surface area (Å²) in [6.07, 6.45) is 0. The van der Waals surface area contributed by atoms with E-state index in [0.717, 1.165) is 0 Å². The molecule has 0 heterocycles. The van der Waals surface area contributed by atoms with E-state index < -0.39 is 8.43 Å². The summed E-state index contributed by atoms with van der Waals surface area (Å²) in [5.41, 5.74) is 0. The van der Waals surface area contributed by atoms with Crippen LogP contribution in [0.2, 0.25) is 0 Å². The molecule has 8 heteroatoms. The van der Waals surface area contributed by atoms with Crippen molar-refractivity contribution >= 4 is 61.1 Å². The van der Waals surface area contributed by atoms with Crippen molar-refractivity contribution in [1.29, 1.82) is 0 Å². The Labute approximate surface area is 69.0 Å². The molecule has 0 aromatic carbocycles. The SMILES string of the molecule is [SiH3]N([SiH3])[SiH](Cl)N([SiH3])[SiH3]. The van der Waals surface area contributed by atoms with Gasteiger partial charge in [-0.2, -0.15) is 0 Å². The summed E-state index contributed by atoms with van der Waals surface area (Å²) in [4.78, 5) is 0. The highest BCUT2D eigenvalue weighted by molar-refractivity contribution is 7.10. The minimum atomic E-state index is -0.963. The first kappa shape index (κ1) is 9.29. The summed E-state index contributed by atoms with van der Waals surface area (Å²) in [5, 5.41) is 0. The van der Waals surface area contributed by atoms with Crippen LogP contribution in [0, 0.1) is 0 Å². The number of halogens is 1. The van der Waals surface area contributed by atoms with Crippen molar-refractivity contribution in [3.05, 3.63) is 0 Å². The van der Waals surface area contributed by atoms with Gasteiger partial charge in [0.25, 0.3) is 8.43 Å². The Kier molecular flexibility index (Phi) is 4.84. The summed E-state index contributed by atoms with van der Waals surface area (Å²) in [6, 6.07) is 0. The summed E-state index contributed by atoms with van der Waals surface area (Å²) in [6.45, 7) is 0. The smallest absolute Gasteiger partial charge is 0.263 e. The first-order chi connectivity index (χ1) is 3.55. The number of hydrogen-bond donors (Lipinski definition) is 0. The third kappa shape index (κ3) is 3.35. The van der Waals surface area contributed by atoms with Crippen molar-refractivity contribution in [3.63, 3.8) is 0 Å². The van der Waals surface area contributed by atoms with Crippen LogP contribution in [-0.2, 0) is 0 Å². The standard InChI is InChI=1S/ClH13N2Si5/c1-8(2(4)5)3(6)7/h8H,4-7H3. The van der Waals surface area contributed by atoms with Crippen LogP contribution in [0.1, 0.15) is 0 Å². The maximum Gasteiger partial charge on any atom is 0.263 e. The van der Waals surface area contributed by atoms with Gasteiger partial charge in [-0.05, 0) is 0 Å². The van der Waals surface area contributed by atoms with E-state index in [0.29, 0.717) is 0 Å². The second kappa shape index (κ2) is 4.16. The van der Waals surface area contributed by atoms with Crippen molar-refractivity contribution < 1.29 is 0 Å². The van der Waals surface area contributed by atoms with E-state index in [1.807, 2.05) is 0 Å². The molecule has 0 saturated carbocycles. The van der Waals surface area contributed by atoms with Gasteiger partial charge in [0.15, 0.2) is 0 Å². The van der Waals surface area contributed by atoms with E-state index in [1.165, 1.54) is 41.6 Å². The quantitative estimate of drug-likeness (QED) is 0.336. The Balaban J connectivity index is 3.46. The van der Waals surface area contributed by atoms with Crippen LogP contribution in [0.15, 0.2) is 0 Å². The predicted octanol–water partition coefficient (Wildman–Crippen LogP) is -5.33. The summed E-state index contributed by atoms with van der Waals surface area (Å²) in [5.74, 6) is 0. The van der Waals surface area contributed by atoms with Crippen LogP contribution >= 0.6 is 11.1 Å². The lowest BCUT2D eigenvalue weighted by atomic mass is 13.7. The second-order valence-electron chi connectivity index (χ2n) is 2.24. The first-order valence-electron chi connectivity index (χ1n) is 2.52. The first-order valence-corrected chi connectivity index (χ1v) is 8.88. The van der Waals surface area contributed by atoms with Crippen LogP contribution in [0.25, 0.3) is 0 Å².